The molecule has 2 heterocycles. The normalized spacial score (nSPS) is 17.6. The molecule has 0 bridgehead atoms. The first-order chi connectivity index (χ1) is 10.1. The molecule has 21 heavy (non-hydrogen) atoms. The summed E-state index contributed by atoms with van der Waals surface area (Å²) >= 11 is 0. The molecule has 1 N–H and O–H groups in total. The highest BCUT2D eigenvalue weighted by Gasteiger charge is 2.22. The number of carbonyl (C=O) groups is 1. The molecule has 0 spiro atoms. The average Bonchev–Trinajstić information content (AvgIpc) is 2.48. The molecule has 1 atom stereocenters. The Balaban J connectivity index is 1.89. The van der Waals surface area contributed by atoms with Crippen LogP contribution >= 0.6 is 0 Å². The van der Waals surface area contributed by atoms with Crippen LogP contribution < -0.4 is 4.74 Å². The molecule has 2 rings (SSSR count). The van der Waals surface area contributed by atoms with E-state index < -0.39 is 0 Å². The van der Waals surface area contributed by atoms with Crippen LogP contribution in [0.25, 0.3) is 0 Å². The number of aromatic nitrogens is 1. The Bertz CT molecular complexity index is 454. The third-order valence-electron chi connectivity index (χ3n) is 3.46. The summed E-state index contributed by atoms with van der Waals surface area (Å²) in [5.41, 5.74) is 0.586. The largest absolute Gasteiger partial charge is 0.478 e. The predicted molar refractivity (Wildman–Crippen MR) is 79.4 cm³/mol. The Morgan fingerprint density at radius 2 is 2.10 bits per heavy atom. The highest BCUT2D eigenvalue weighted by atomic mass is 16.5. The van der Waals surface area contributed by atoms with E-state index in [-0.39, 0.29) is 12.0 Å². The first-order valence-electron chi connectivity index (χ1n) is 7.38. The van der Waals surface area contributed by atoms with Gasteiger partial charge in [0, 0.05) is 45.0 Å². The Hall–Kier alpha value is -1.66. The molecular formula is C15H23N3O3. The zero-order chi connectivity index (χ0) is 15.2. The van der Waals surface area contributed by atoms with E-state index in [2.05, 4.69) is 9.88 Å². The lowest BCUT2D eigenvalue weighted by atomic mass is 10.2. The summed E-state index contributed by atoms with van der Waals surface area (Å²) in [5, 5.41) is 9.39. The molecule has 1 aromatic rings. The number of β-amino-alcohol motifs (C(OH)–C–C–N with tert-alkyl or cyclic N) is 1. The number of aliphatic hydroxyl groups excluding tert-OH is 1. The van der Waals surface area contributed by atoms with E-state index in [0.717, 1.165) is 13.1 Å². The molecule has 0 radical (unpaired) electrons. The molecule has 6 heteroatoms. The number of pyridine rings is 1. The number of rotatable bonds is 5. The van der Waals surface area contributed by atoms with Gasteiger partial charge in [-0.3, -0.25) is 9.69 Å². The van der Waals surface area contributed by atoms with Gasteiger partial charge in [-0.1, -0.05) is 0 Å². The number of ether oxygens (including phenoxy) is 1. The van der Waals surface area contributed by atoms with Crippen molar-refractivity contribution in [1.29, 1.82) is 0 Å². The second-order valence-electron chi connectivity index (χ2n) is 5.26. The summed E-state index contributed by atoms with van der Waals surface area (Å²) in [6.45, 7) is 7.84. The molecule has 1 aliphatic rings. The molecule has 0 unspecified atom stereocenters. The summed E-state index contributed by atoms with van der Waals surface area (Å²) in [6, 6.07) is 3.48. The van der Waals surface area contributed by atoms with E-state index in [9.17, 15) is 9.90 Å². The zero-order valence-electron chi connectivity index (χ0n) is 12.7. The Kier molecular flexibility index (Phi) is 5.52. The van der Waals surface area contributed by atoms with Crippen molar-refractivity contribution in [2.24, 2.45) is 0 Å². The summed E-state index contributed by atoms with van der Waals surface area (Å²) in [7, 11) is 0. The molecule has 0 saturated carbocycles. The molecule has 0 aromatic carbocycles. The number of piperazine rings is 1. The lowest BCUT2D eigenvalue weighted by molar-refractivity contribution is 0.0553. The topological polar surface area (TPSA) is 65.9 Å². The maximum absolute atomic E-state index is 12.4. The van der Waals surface area contributed by atoms with Gasteiger partial charge in [-0.2, -0.15) is 0 Å². The predicted octanol–water partition coefficient (Wildman–Crippen LogP) is 0.619. The van der Waals surface area contributed by atoms with Crippen molar-refractivity contribution in [3.63, 3.8) is 0 Å². The Morgan fingerprint density at radius 1 is 1.38 bits per heavy atom. The van der Waals surface area contributed by atoms with Crippen LogP contribution in [0.15, 0.2) is 18.3 Å². The minimum atomic E-state index is -0.331. The molecular weight excluding hydrogens is 270 g/mol. The number of nitrogens with zero attached hydrogens (tertiary/aromatic N) is 3. The van der Waals surface area contributed by atoms with E-state index in [1.165, 1.54) is 0 Å². The molecule has 1 saturated heterocycles. The quantitative estimate of drug-likeness (QED) is 0.862. The van der Waals surface area contributed by atoms with Crippen molar-refractivity contribution in [3.8, 4) is 5.88 Å². The van der Waals surface area contributed by atoms with Gasteiger partial charge in [0.2, 0.25) is 5.88 Å². The van der Waals surface area contributed by atoms with Gasteiger partial charge in [-0.05, 0) is 19.9 Å². The van der Waals surface area contributed by atoms with Crippen LogP contribution in [-0.4, -0.2) is 71.2 Å². The third-order valence-corrected chi connectivity index (χ3v) is 3.46. The fourth-order valence-corrected chi connectivity index (χ4v) is 2.43. The second-order valence-corrected chi connectivity index (χ2v) is 5.26. The Labute approximate surface area is 125 Å². The van der Waals surface area contributed by atoms with Crippen molar-refractivity contribution < 1.29 is 14.6 Å². The summed E-state index contributed by atoms with van der Waals surface area (Å²) in [5.74, 6) is 0.540. The third kappa shape index (κ3) is 4.41. The smallest absolute Gasteiger partial charge is 0.255 e. The standard InChI is InChI=1S/C15H23N3O3/c1-3-21-14-5-4-13(10-16-14)15(20)18-8-6-17(7-9-18)11-12(2)19/h4-5,10,12,19H,3,6-9,11H2,1-2H3/t12-/m0/s1. The first-order valence-corrected chi connectivity index (χ1v) is 7.38. The van der Waals surface area contributed by atoms with E-state index in [1.807, 2.05) is 11.8 Å². The fourth-order valence-electron chi connectivity index (χ4n) is 2.43. The van der Waals surface area contributed by atoms with Gasteiger partial charge in [0.1, 0.15) is 0 Å². The van der Waals surface area contributed by atoms with Crippen LogP contribution in [0.3, 0.4) is 0 Å². The minimum absolute atomic E-state index is 0.00208. The number of hydrogen-bond donors (Lipinski definition) is 1. The second kappa shape index (κ2) is 7.38. The Morgan fingerprint density at radius 3 is 2.62 bits per heavy atom. The minimum Gasteiger partial charge on any atom is -0.478 e. The molecule has 0 aliphatic carbocycles. The van der Waals surface area contributed by atoms with Gasteiger partial charge in [-0.25, -0.2) is 4.98 Å². The van der Waals surface area contributed by atoms with Crippen molar-refractivity contribution in [3.05, 3.63) is 23.9 Å². The van der Waals surface area contributed by atoms with Crippen molar-refractivity contribution >= 4 is 5.91 Å². The van der Waals surface area contributed by atoms with E-state index >= 15 is 0 Å². The van der Waals surface area contributed by atoms with Gasteiger partial charge in [0.25, 0.3) is 5.91 Å². The van der Waals surface area contributed by atoms with Gasteiger partial charge >= 0.3 is 0 Å². The van der Waals surface area contributed by atoms with Gasteiger partial charge in [0.05, 0.1) is 18.3 Å². The highest BCUT2D eigenvalue weighted by molar-refractivity contribution is 5.94. The molecule has 1 aliphatic heterocycles. The maximum atomic E-state index is 12.4. The SMILES string of the molecule is CCOc1ccc(C(=O)N2CCN(C[C@H](C)O)CC2)cn1. The number of carbonyl (C=O) groups excluding carboxylic acids is 1. The van der Waals surface area contributed by atoms with Gasteiger partial charge in [-0.15, -0.1) is 0 Å². The van der Waals surface area contributed by atoms with Crippen LogP contribution in [0.5, 0.6) is 5.88 Å². The van der Waals surface area contributed by atoms with Crippen molar-refractivity contribution in [2.75, 3.05) is 39.3 Å². The average molecular weight is 293 g/mol. The van der Waals surface area contributed by atoms with Crippen LogP contribution in [-0.2, 0) is 0 Å². The zero-order valence-corrected chi connectivity index (χ0v) is 12.7. The first kappa shape index (κ1) is 15.7. The monoisotopic (exact) mass is 293 g/mol. The molecule has 1 fully saturated rings. The molecule has 116 valence electrons. The number of amides is 1. The summed E-state index contributed by atoms with van der Waals surface area (Å²) in [6.07, 6.45) is 1.23. The van der Waals surface area contributed by atoms with E-state index in [0.29, 0.717) is 37.7 Å². The summed E-state index contributed by atoms with van der Waals surface area (Å²) < 4.78 is 5.27. The fraction of sp³-hybridized carbons (Fsp3) is 0.600. The van der Waals surface area contributed by atoms with Crippen molar-refractivity contribution in [1.82, 2.24) is 14.8 Å². The summed E-state index contributed by atoms with van der Waals surface area (Å²) in [4.78, 5) is 20.5. The van der Waals surface area contributed by atoms with Crippen LogP contribution in [0.1, 0.15) is 24.2 Å². The number of aliphatic hydroxyl groups is 1. The lowest BCUT2D eigenvalue weighted by Gasteiger charge is -2.35. The number of hydrogen-bond acceptors (Lipinski definition) is 5. The molecule has 6 nitrogen and oxygen atoms in total. The highest BCUT2D eigenvalue weighted by Crippen LogP contribution is 2.12. The maximum Gasteiger partial charge on any atom is 0.255 e. The van der Waals surface area contributed by atoms with E-state index in [1.54, 1.807) is 25.3 Å². The lowest BCUT2D eigenvalue weighted by Crippen LogP contribution is -2.50. The molecule has 1 aromatic heterocycles. The van der Waals surface area contributed by atoms with Crippen LogP contribution in [0.2, 0.25) is 0 Å². The van der Waals surface area contributed by atoms with Gasteiger partial charge < -0.3 is 14.7 Å². The van der Waals surface area contributed by atoms with Crippen molar-refractivity contribution in [2.45, 2.75) is 20.0 Å². The molecule has 1 amide bonds. The van der Waals surface area contributed by atoms with E-state index in [4.69, 9.17) is 4.74 Å². The van der Waals surface area contributed by atoms with Crippen LogP contribution in [0, 0.1) is 0 Å². The van der Waals surface area contributed by atoms with Crippen LogP contribution in [0.4, 0.5) is 0 Å². The van der Waals surface area contributed by atoms with Gasteiger partial charge in [0.15, 0.2) is 0 Å².